The van der Waals surface area contributed by atoms with Crippen molar-refractivity contribution >= 4 is 23.4 Å². The van der Waals surface area contributed by atoms with Crippen molar-refractivity contribution in [2.45, 2.75) is 40.3 Å². The van der Waals surface area contributed by atoms with E-state index in [4.69, 9.17) is 9.47 Å². The predicted molar refractivity (Wildman–Crippen MR) is 144 cm³/mol. The minimum absolute atomic E-state index is 0.0383. The number of rotatable bonds is 7. The molecular weight excluding hydrogens is 482 g/mol. The van der Waals surface area contributed by atoms with Crippen LogP contribution in [0.2, 0.25) is 0 Å². The van der Waals surface area contributed by atoms with E-state index in [-0.39, 0.29) is 24.5 Å². The second-order valence-corrected chi connectivity index (χ2v) is 9.40. The number of methoxy groups -OCH3 is 1. The van der Waals surface area contributed by atoms with Gasteiger partial charge in [-0.15, -0.1) is 0 Å². The van der Waals surface area contributed by atoms with Crippen LogP contribution in [0.4, 0.5) is 0 Å². The summed E-state index contributed by atoms with van der Waals surface area (Å²) in [5.41, 5.74) is 4.83. The zero-order valence-electron chi connectivity index (χ0n) is 22.2. The topological polar surface area (TPSA) is 93.1 Å². The molecule has 0 aromatic heterocycles. The number of hydrogen-bond donors (Lipinski definition) is 1. The Labute approximate surface area is 222 Å². The largest absolute Gasteiger partial charge is 0.507 e. The third kappa shape index (κ3) is 5.05. The molecule has 3 aromatic rings. The van der Waals surface area contributed by atoms with Crippen molar-refractivity contribution in [2.75, 3.05) is 13.7 Å². The minimum Gasteiger partial charge on any atom is -0.507 e. The lowest BCUT2D eigenvalue weighted by atomic mass is 9.92. The van der Waals surface area contributed by atoms with Crippen LogP contribution >= 0.6 is 0 Å². The van der Waals surface area contributed by atoms with E-state index in [2.05, 4.69) is 0 Å². The van der Waals surface area contributed by atoms with Crippen LogP contribution in [0.5, 0.6) is 5.75 Å². The number of amides is 1. The number of carbonyl (C=O) groups is 3. The molecule has 4 rings (SSSR count). The summed E-state index contributed by atoms with van der Waals surface area (Å²) in [7, 11) is 1.57. The summed E-state index contributed by atoms with van der Waals surface area (Å²) in [5, 5.41) is 11.5. The van der Waals surface area contributed by atoms with Crippen LogP contribution < -0.4 is 4.74 Å². The van der Waals surface area contributed by atoms with Crippen molar-refractivity contribution in [1.82, 2.24) is 4.90 Å². The van der Waals surface area contributed by atoms with E-state index in [1.165, 1.54) is 4.90 Å². The third-order valence-electron chi connectivity index (χ3n) is 6.71. The summed E-state index contributed by atoms with van der Waals surface area (Å²) in [6.07, 6.45) is 0. The molecule has 1 aliphatic heterocycles. The number of aryl methyl sites for hydroxylation is 3. The molecule has 0 saturated carbocycles. The van der Waals surface area contributed by atoms with Crippen LogP contribution in [0.25, 0.3) is 5.76 Å². The molecule has 196 valence electrons. The van der Waals surface area contributed by atoms with Crippen LogP contribution in [0.3, 0.4) is 0 Å². The SMILES string of the molecule is CCOC(=O)c1ccc(CN2C(=O)C(=O)/C(=C(/O)c3cc(C)c(OC)cc3C)C2c2cccc(C)c2)cc1. The quantitative estimate of drug-likeness (QED) is 0.196. The molecule has 1 saturated heterocycles. The second-order valence-electron chi connectivity index (χ2n) is 9.40. The Morgan fingerprint density at radius 1 is 0.974 bits per heavy atom. The van der Waals surface area contributed by atoms with Gasteiger partial charge in [0, 0.05) is 12.1 Å². The van der Waals surface area contributed by atoms with Gasteiger partial charge < -0.3 is 19.5 Å². The highest BCUT2D eigenvalue weighted by Gasteiger charge is 2.46. The van der Waals surface area contributed by atoms with Gasteiger partial charge in [-0.05, 0) is 74.2 Å². The van der Waals surface area contributed by atoms with Crippen LogP contribution in [0, 0.1) is 20.8 Å². The van der Waals surface area contributed by atoms with Crippen molar-refractivity contribution in [1.29, 1.82) is 0 Å². The van der Waals surface area contributed by atoms with E-state index in [0.717, 1.165) is 22.3 Å². The normalized spacial score (nSPS) is 16.6. The van der Waals surface area contributed by atoms with Crippen molar-refractivity contribution in [3.8, 4) is 5.75 Å². The summed E-state index contributed by atoms with van der Waals surface area (Å²) in [6, 6.07) is 17.1. The molecule has 0 aliphatic carbocycles. The number of ketones is 1. The van der Waals surface area contributed by atoms with Gasteiger partial charge in [0.1, 0.15) is 11.5 Å². The van der Waals surface area contributed by atoms with Gasteiger partial charge in [0.2, 0.25) is 0 Å². The van der Waals surface area contributed by atoms with Gasteiger partial charge in [0.05, 0.1) is 30.9 Å². The summed E-state index contributed by atoms with van der Waals surface area (Å²) >= 11 is 0. The van der Waals surface area contributed by atoms with Crippen molar-refractivity contribution in [2.24, 2.45) is 0 Å². The lowest BCUT2D eigenvalue weighted by Gasteiger charge is -2.26. The highest BCUT2D eigenvalue weighted by molar-refractivity contribution is 6.46. The molecule has 7 heteroatoms. The molecule has 1 unspecified atom stereocenters. The minimum atomic E-state index is -0.790. The van der Waals surface area contributed by atoms with Crippen molar-refractivity contribution in [3.05, 3.63) is 105 Å². The Morgan fingerprint density at radius 3 is 2.32 bits per heavy atom. The molecule has 0 radical (unpaired) electrons. The van der Waals surface area contributed by atoms with E-state index >= 15 is 0 Å². The molecule has 38 heavy (non-hydrogen) atoms. The number of benzene rings is 3. The highest BCUT2D eigenvalue weighted by Crippen LogP contribution is 2.41. The van der Waals surface area contributed by atoms with Crippen molar-refractivity contribution < 1.29 is 29.0 Å². The molecule has 1 aliphatic rings. The standard InChI is InChI=1S/C31H31NO6/c1-6-38-31(36)22-12-10-21(11-13-22)17-32-27(23-9-7-8-18(2)14-23)26(29(34)30(32)35)28(33)24-15-20(4)25(37-5)16-19(24)3/h7-16,27,33H,6,17H2,1-5H3/b28-26+. The van der Waals surface area contributed by atoms with E-state index in [9.17, 15) is 19.5 Å². The number of hydrogen-bond acceptors (Lipinski definition) is 6. The zero-order valence-corrected chi connectivity index (χ0v) is 22.2. The fourth-order valence-electron chi connectivity index (χ4n) is 4.80. The highest BCUT2D eigenvalue weighted by atomic mass is 16.5. The number of aliphatic hydroxyl groups is 1. The molecule has 7 nitrogen and oxygen atoms in total. The summed E-state index contributed by atoms with van der Waals surface area (Å²) in [6.45, 7) is 7.73. The Kier molecular flexibility index (Phi) is 7.67. The molecular formula is C31H31NO6. The lowest BCUT2D eigenvalue weighted by Crippen LogP contribution is -2.29. The van der Waals surface area contributed by atoms with Gasteiger partial charge in [0.15, 0.2) is 0 Å². The number of esters is 1. The molecule has 1 N–H and O–H groups in total. The number of Topliss-reactive ketones (excluding diaryl/α,β-unsaturated/α-hetero) is 1. The maximum absolute atomic E-state index is 13.4. The molecule has 3 aromatic carbocycles. The first-order valence-electron chi connectivity index (χ1n) is 12.4. The molecule has 1 atom stereocenters. The summed E-state index contributed by atoms with van der Waals surface area (Å²) in [4.78, 5) is 40.3. The Hall–Kier alpha value is -4.39. The average molecular weight is 514 g/mol. The van der Waals surface area contributed by atoms with Gasteiger partial charge in [-0.1, -0.05) is 42.0 Å². The van der Waals surface area contributed by atoms with Crippen LogP contribution in [0.15, 0.2) is 66.2 Å². The predicted octanol–water partition coefficient (Wildman–Crippen LogP) is 5.42. The number of carbonyl (C=O) groups excluding carboxylic acids is 3. The Balaban J connectivity index is 1.81. The van der Waals surface area contributed by atoms with E-state index < -0.39 is 23.7 Å². The summed E-state index contributed by atoms with van der Waals surface area (Å²) in [5.74, 6) is -1.43. The Bertz CT molecular complexity index is 1440. The monoisotopic (exact) mass is 513 g/mol. The van der Waals surface area contributed by atoms with Crippen LogP contribution in [-0.4, -0.2) is 41.4 Å². The number of ether oxygens (including phenoxy) is 2. The fraction of sp³-hybridized carbons (Fsp3) is 0.258. The molecule has 1 fully saturated rings. The first-order chi connectivity index (χ1) is 18.2. The number of likely N-dealkylation sites (tertiary alicyclic amines) is 1. The van der Waals surface area contributed by atoms with Crippen LogP contribution in [-0.2, 0) is 20.9 Å². The van der Waals surface area contributed by atoms with Crippen LogP contribution in [0.1, 0.15) is 56.7 Å². The fourth-order valence-corrected chi connectivity index (χ4v) is 4.80. The lowest BCUT2D eigenvalue weighted by molar-refractivity contribution is -0.140. The zero-order chi connectivity index (χ0) is 27.6. The maximum atomic E-state index is 13.4. The van der Waals surface area contributed by atoms with Gasteiger partial charge in [-0.3, -0.25) is 9.59 Å². The number of nitrogens with zero attached hydrogens (tertiary/aromatic N) is 1. The molecule has 1 heterocycles. The smallest absolute Gasteiger partial charge is 0.338 e. The first kappa shape index (κ1) is 26.7. The van der Waals surface area contributed by atoms with Gasteiger partial charge in [-0.25, -0.2) is 4.79 Å². The molecule has 0 spiro atoms. The van der Waals surface area contributed by atoms with E-state index in [1.807, 2.05) is 45.0 Å². The van der Waals surface area contributed by atoms with E-state index in [1.54, 1.807) is 50.4 Å². The third-order valence-corrected chi connectivity index (χ3v) is 6.71. The van der Waals surface area contributed by atoms with Gasteiger partial charge in [-0.2, -0.15) is 0 Å². The first-order valence-corrected chi connectivity index (χ1v) is 12.4. The summed E-state index contributed by atoms with van der Waals surface area (Å²) < 4.78 is 10.4. The molecule has 0 bridgehead atoms. The average Bonchev–Trinajstić information content (AvgIpc) is 3.14. The van der Waals surface area contributed by atoms with Crippen molar-refractivity contribution in [3.63, 3.8) is 0 Å². The molecule has 1 amide bonds. The van der Waals surface area contributed by atoms with Gasteiger partial charge in [0.25, 0.3) is 11.7 Å². The number of aliphatic hydroxyl groups excluding tert-OH is 1. The maximum Gasteiger partial charge on any atom is 0.338 e. The second kappa shape index (κ2) is 10.9. The van der Waals surface area contributed by atoms with Gasteiger partial charge >= 0.3 is 5.97 Å². The Morgan fingerprint density at radius 2 is 1.68 bits per heavy atom. The van der Waals surface area contributed by atoms with E-state index in [0.29, 0.717) is 22.4 Å².